The van der Waals surface area contributed by atoms with Gasteiger partial charge in [0, 0.05) is 43.0 Å². The van der Waals surface area contributed by atoms with Crippen molar-refractivity contribution < 1.29 is 4.79 Å². The van der Waals surface area contributed by atoms with Crippen LogP contribution in [0.3, 0.4) is 0 Å². The van der Waals surface area contributed by atoms with Crippen LogP contribution in [0.1, 0.15) is 21.5 Å². The molecule has 0 unspecified atom stereocenters. The summed E-state index contributed by atoms with van der Waals surface area (Å²) in [7, 11) is 1.83. The molecule has 0 radical (unpaired) electrons. The second-order valence-corrected chi connectivity index (χ2v) is 5.88. The number of nitrogens with zero attached hydrogens (tertiary/aromatic N) is 2. The number of hydrogen-bond donors (Lipinski definition) is 1. The van der Waals surface area contributed by atoms with E-state index in [1.165, 1.54) is 0 Å². The van der Waals surface area contributed by atoms with Crippen molar-refractivity contribution in [3.63, 3.8) is 0 Å². The summed E-state index contributed by atoms with van der Waals surface area (Å²) in [5.41, 5.74) is 5.01. The summed E-state index contributed by atoms with van der Waals surface area (Å²) in [6, 6.07) is 16.2. The van der Waals surface area contributed by atoms with Gasteiger partial charge in [0.05, 0.1) is 5.52 Å². The van der Waals surface area contributed by atoms with Crippen molar-refractivity contribution in [3.05, 3.63) is 71.4 Å². The normalized spacial score (nSPS) is 13.4. The van der Waals surface area contributed by atoms with E-state index < -0.39 is 0 Å². The zero-order chi connectivity index (χ0) is 15.8. The Hall–Kier alpha value is -2.88. The molecule has 1 aliphatic rings. The van der Waals surface area contributed by atoms with Crippen molar-refractivity contribution >= 4 is 22.5 Å². The van der Waals surface area contributed by atoms with Crippen molar-refractivity contribution in [3.8, 4) is 0 Å². The maximum atomic E-state index is 12.1. The van der Waals surface area contributed by atoms with Gasteiger partial charge in [0.1, 0.15) is 0 Å². The molecule has 0 aliphatic carbocycles. The predicted molar refractivity (Wildman–Crippen MR) is 91.3 cm³/mol. The minimum absolute atomic E-state index is 0.0930. The first-order chi connectivity index (χ1) is 11.2. The van der Waals surface area contributed by atoms with Crippen molar-refractivity contribution in [2.24, 2.45) is 0 Å². The lowest BCUT2D eigenvalue weighted by Gasteiger charge is -2.09. The molecule has 2 aromatic carbocycles. The van der Waals surface area contributed by atoms with Crippen molar-refractivity contribution in [1.82, 2.24) is 9.88 Å². The summed E-state index contributed by atoms with van der Waals surface area (Å²) in [4.78, 5) is 18.3. The Morgan fingerprint density at radius 2 is 2.04 bits per heavy atom. The monoisotopic (exact) mass is 303 g/mol. The molecule has 0 fully saturated rings. The van der Waals surface area contributed by atoms with Crippen LogP contribution in [-0.2, 0) is 13.1 Å². The Balaban J connectivity index is 1.59. The van der Waals surface area contributed by atoms with E-state index in [2.05, 4.69) is 28.5 Å². The van der Waals surface area contributed by atoms with Gasteiger partial charge < -0.3 is 10.2 Å². The summed E-state index contributed by atoms with van der Waals surface area (Å²) in [5.74, 6) is 0.0930. The number of para-hydroxylation sites is 1. The molecule has 1 amide bonds. The molecular formula is C19H17N3O. The molecule has 2 heterocycles. The number of benzene rings is 2. The van der Waals surface area contributed by atoms with E-state index in [9.17, 15) is 4.79 Å². The molecule has 1 aliphatic heterocycles. The number of amides is 1. The minimum Gasteiger partial charge on any atom is -0.381 e. The maximum absolute atomic E-state index is 12.1. The number of aromatic nitrogens is 1. The SMILES string of the molecule is CN1Cc2ccc(NCc3cccc4cccnc34)cc2C1=O. The average Bonchev–Trinajstić information content (AvgIpc) is 2.87. The quantitative estimate of drug-likeness (QED) is 0.806. The molecular weight excluding hydrogens is 286 g/mol. The van der Waals surface area contributed by atoms with Crippen molar-refractivity contribution in [1.29, 1.82) is 0 Å². The molecule has 3 aromatic rings. The second kappa shape index (κ2) is 5.39. The number of hydrogen-bond acceptors (Lipinski definition) is 3. The molecule has 114 valence electrons. The van der Waals surface area contributed by atoms with Crippen LogP contribution in [0.25, 0.3) is 10.9 Å². The lowest BCUT2D eigenvalue weighted by atomic mass is 10.1. The van der Waals surface area contributed by atoms with Crippen LogP contribution in [-0.4, -0.2) is 22.8 Å². The van der Waals surface area contributed by atoms with Gasteiger partial charge in [-0.15, -0.1) is 0 Å². The van der Waals surface area contributed by atoms with Gasteiger partial charge >= 0.3 is 0 Å². The highest BCUT2D eigenvalue weighted by Gasteiger charge is 2.24. The Morgan fingerprint density at radius 1 is 1.17 bits per heavy atom. The van der Waals surface area contributed by atoms with E-state index in [-0.39, 0.29) is 5.91 Å². The van der Waals surface area contributed by atoms with Crippen LogP contribution in [0.5, 0.6) is 0 Å². The second-order valence-electron chi connectivity index (χ2n) is 5.88. The van der Waals surface area contributed by atoms with Crippen LogP contribution in [0, 0.1) is 0 Å². The lowest BCUT2D eigenvalue weighted by molar-refractivity contribution is 0.0816. The van der Waals surface area contributed by atoms with Crippen molar-refractivity contribution in [2.45, 2.75) is 13.1 Å². The average molecular weight is 303 g/mol. The molecule has 0 saturated heterocycles. The zero-order valence-corrected chi connectivity index (χ0v) is 12.9. The number of rotatable bonds is 3. The first-order valence-electron chi connectivity index (χ1n) is 7.67. The van der Waals surface area contributed by atoms with Gasteiger partial charge in [-0.3, -0.25) is 9.78 Å². The largest absolute Gasteiger partial charge is 0.381 e. The molecule has 1 aromatic heterocycles. The fourth-order valence-corrected chi connectivity index (χ4v) is 3.06. The molecule has 4 heteroatoms. The third-order valence-corrected chi connectivity index (χ3v) is 4.29. The van der Waals surface area contributed by atoms with Gasteiger partial charge in [-0.2, -0.15) is 0 Å². The highest BCUT2D eigenvalue weighted by Crippen LogP contribution is 2.25. The number of nitrogens with one attached hydrogen (secondary N) is 1. The van der Waals surface area contributed by atoms with E-state index in [1.807, 2.05) is 43.6 Å². The Labute approximate surface area is 134 Å². The van der Waals surface area contributed by atoms with Crippen LogP contribution in [0.15, 0.2) is 54.7 Å². The van der Waals surface area contributed by atoms with Gasteiger partial charge in [0.2, 0.25) is 0 Å². The molecule has 1 N–H and O–H groups in total. The predicted octanol–water partition coefficient (Wildman–Crippen LogP) is 3.43. The van der Waals surface area contributed by atoms with E-state index in [0.29, 0.717) is 13.1 Å². The zero-order valence-electron chi connectivity index (χ0n) is 12.9. The number of pyridine rings is 1. The molecule has 0 spiro atoms. The van der Waals surface area contributed by atoms with Gasteiger partial charge in [-0.25, -0.2) is 0 Å². The first kappa shape index (κ1) is 13.8. The Bertz CT molecular complexity index is 899. The van der Waals surface area contributed by atoms with E-state index in [1.54, 1.807) is 4.90 Å². The van der Waals surface area contributed by atoms with Crippen LogP contribution in [0.4, 0.5) is 5.69 Å². The summed E-state index contributed by atoms with van der Waals surface area (Å²) in [5, 5.41) is 4.54. The fourth-order valence-electron chi connectivity index (χ4n) is 3.06. The fraction of sp³-hybridized carbons (Fsp3) is 0.158. The van der Waals surface area contributed by atoms with Crippen LogP contribution in [0.2, 0.25) is 0 Å². The summed E-state index contributed by atoms with van der Waals surface area (Å²) in [6.07, 6.45) is 1.82. The van der Waals surface area contributed by atoms with Crippen molar-refractivity contribution in [2.75, 3.05) is 12.4 Å². The number of carbonyl (C=O) groups excluding carboxylic acids is 1. The number of fused-ring (bicyclic) bond motifs is 2. The lowest BCUT2D eigenvalue weighted by Crippen LogP contribution is -2.17. The van der Waals surface area contributed by atoms with Gasteiger partial charge in [-0.05, 0) is 29.3 Å². The van der Waals surface area contributed by atoms with E-state index >= 15 is 0 Å². The third kappa shape index (κ3) is 2.42. The van der Waals surface area contributed by atoms with Gasteiger partial charge in [0.25, 0.3) is 5.91 Å². The minimum atomic E-state index is 0.0930. The summed E-state index contributed by atoms with van der Waals surface area (Å²) >= 11 is 0. The maximum Gasteiger partial charge on any atom is 0.254 e. The molecule has 4 rings (SSSR count). The molecule has 4 nitrogen and oxygen atoms in total. The summed E-state index contributed by atoms with van der Waals surface area (Å²) in [6.45, 7) is 1.37. The smallest absolute Gasteiger partial charge is 0.254 e. The Morgan fingerprint density at radius 3 is 2.96 bits per heavy atom. The first-order valence-corrected chi connectivity index (χ1v) is 7.67. The van der Waals surface area contributed by atoms with Crippen LogP contribution < -0.4 is 5.32 Å². The standard InChI is InChI=1S/C19H17N3O/c1-22-12-15-7-8-16(10-17(15)19(22)23)21-11-14-5-2-4-13-6-3-9-20-18(13)14/h2-10,21H,11-12H2,1H3. The third-order valence-electron chi connectivity index (χ3n) is 4.29. The highest BCUT2D eigenvalue weighted by molar-refractivity contribution is 5.99. The summed E-state index contributed by atoms with van der Waals surface area (Å²) < 4.78 is 0. The molecule has 0 atom stereocenters. The number of anilines is 1. The molecule has 23 heavy (non-hydrogen) atoms. The van der Waals surface area contributed by atoms with Gasteiger partial charge in [0.15, 0.2) is 0 Å². The van der Waals surface area contributed by atoms with E-state index in [4.69, 9.17) is 0 Å². The van der Waals surface area contributed by atoms with Gasteiger partial charge in [-0.1, -0.05) is 30.3 Å². The highest BCUT2D eigenvalue weighted by atomic mass is 16.2. The molecule has 0 bridgehead atoms. The topological polar surface area (TPSA) is 45.2 Å². The Kier molecular flexibility index (Phi) is 3.23. The number of carbonyl (C=O) groups is 1. The van der Waals surface area contributed by atoms with E-state index in [0.717, 1.165) is 33.3 Å². The van der Waals surface area contributed by atoms with Crippen LogP contribution >= 0.6 is 0 Å². The molecule has 0 saturated carbocycles.